The summed E-state index contributed by atoms with van der Waals surface area (Å²) in [5, 5.41) is 0. The summed E-state index contributed by atoms with van der Waals surface area (Å²) in [7, 11) is 1.99. The second-order valence-electron chi connectivity index (χ2n) is 1.35. The molecule has 0 aromatic heterocycles. The van der Waals surface area contributed by atoms with Crippen LogP contribution in [0.4, 0.5) is 0 Å². The van der Waals surface area contributed by atoms with Gasteiger partial charge in [-0.05, 0) is 13.6 Å². The molecule has 0 spiro atoms. The molecule has 0 unspecified atom stereocenters. The number of nitrogens with zero attached hydrogens (tertiary/aromatic N) is 1. The Labute approximate surface area is 52.7 Å². The topological polar surface area (TPSA) is 29.3 Å². The molecule has 8 heavy (non-hydrogen) atoms. The van der Waals surface area contributed by atoms with Gasteiger partial charge in [0.25, 0.3) is 0 Å². The molecule has 0 aliphatic rings. The van der Waals surface area contributed by atoms with E-state index in [-0.39, 0.29) is 0 Å². The minimum atomic E-state index is 0.663. The van der Waals surface area contributed by atoms with E-state index >= 15 is 0 Å². The lowest BCUT2D eigenvalue weighted by atomic mass is 10.7. The fourth-order valence-electron chi connectivity index (χ4n) is 0.129. The monoisotopic (exact) mass is 118 g/mol. The third-order valence-corrected chi connectivity index (χ3v) is 0.852. The maximum atomic E-state index is 5.21. The lowest BCUT2D eigenvalue weighted by Gasteiger charge is -2.07. The van der Waals surface area contributed by atoms with Crippen LogP contribution in [0.3, 0.4) is 0 Å². The van der Waals surface area contributed by atoms with E-state index in [1.54, 1.807) is 0 Å². The molecular weight excluding hydrogens is 100 g/mol. The molecule has 0 aliphatic carbocycles. The summed E-state index contributed by atoms with van der Waals surface area (Å²) in [5.74, 6) is 0. The van der Waals surface area contributed by atoms with Crippen molar-refractivity contribution in [1.82, 2.24) is 4.90 Å². The van der Waals surface area contributed by atoms with Crippen LogP contribution in [0.5, 0.6) is 0 Å². The molecule has 0 atom stereocenters. The van der Waals surface area contributed by atoms with Crippen molar-refractivity contribution >= 4 is 0 Å². The third kappa shape index (κ3) is 9.33. The van der Waals surface area contributed by atoms with Crippen molar-refractivity contribution in [2.45, 2.75) is 20.8 Å². The van der Waals surface area contributed by atoms with Crippen LogP contribution in [-0.4, -0.2) is 25.2 Å². The van der Waals surface area contributed by atoms with Crippen LogP contribution in [0.1, 0.15) is 20.8 Å². The average Bonchev–Trinajstić information content (AvgIpc) is 1.91. The summed E-state index contributed by atoms with van der Waals surface area (Å²) in [5.41, 5.74) is 5.21. The van der Waals surface area contributed by atoms with E-state index < -0.39 is 0 Å². The molecule has 0 aromatic rings. The molecule has 0 amide bonds. The van der Waals surface area contributed by atoms with Crippen LogP contribution in [0.15, 0.2) is 0 Å². The molecule has 0 aliphatic heterocycles. The van der Waals surface area contributed by atoms with Crippen LogP contribution in [0, 0.1) is 0 Å². The van der Waals surface area contributed by atoms with E-state index in [0.717, 1.165) is 6.54 Å². The Morgan fingerprint density at radius 3 is 1.75 bits per heavy atom. The largest absolute Gasteiger partial charge is 0.318 e. The summed E-state index contributed by atoms with van der Waals surface area (Å²) in [6, 6.07) is 0. The van der Waals surface area contributed by atoms with Crippen molar-refractivity contribution in [3.63, 3.8) is 0 Å². The Bertz CT molecular complexity index is 25.7. The smallest absolute Gasteiger partial charge is 0.0452 e. The Morgan fingerprint density at radius 1 is 1.38 bits per heavy atom. The van der Waals surface area contributed by atoms with Gasteiger partial charge in [0.15, 0.2) is 0 Å². The second-order valence-corrected chi connectivity index (χ2v) is 1.35. The van der Waals surface area contributed by atoms with Gasteiger partial charge in [-0.1, -0.05) is 20.8 Å². The second kappa shape index (κ2) is 10.0. The Balaban J connectivity index is 0. The zero-order valence-corrected chi connectivity index (χ0v) is 6.44. The number of hydrogen-bond acceptors (Lipinski definition) is 2. The molecule has 0 saturated carbocycles. The van der Waals surface area contributed by atoms with Crippen LogP contribution >= 0.6 is 0 Å². The molecule has 0 heterocycles. The fraction of sp³-hybridized carbons (Fsp3) is 1.00. The summed E-state index contributed by atoms with van der Waals surface area (Å²) < 4.78 is 0. The Morgan fingerprint density at radius 2 is 1.75 bits per heavy atom. The number of nitrogens with two attached hydrogens (primary N) is 1. The molecule has 2 heteroatoms. The normalized spacial score (nSPS) is 8.25. The SMILES string of the molecule is CC.CCN(C)CN. The summed E-state index contributed by atoms with van der Waals surface area (Å²) in [6.07, 6.45) is 0. The standard InChI is InChI=1S/C4H12N2.C2H6/c1-3-6(2)4-5;1-2/h3-5H2,1-2H3;1-2H3. The van der Waals surface area contributed by atoms with Gasteiger partial charge in [-0.15, -0.1) is 0 Å². The summed E-state index contributed by atoms with van der Waals surface area (Å²) in [4.78, 5) is 2.03. The fourth-order valence-corrected chi connectivity index (χ4v) is 0.129. The molecule has 52 valence electrons. The van der Waals surface area contributed by atoms with Crippen LogP contribution in [0.25, 0.3) is 0 Å². The summed E-state index contributed by atoms with van der Waals surface area (Å²) in [6.45, 7) is 7.78. The van der Waals surface area contributed by atoms with Crippen molar-refractivity contribution in [3.05, 3.63) is 0 Å². The van der Waals surface area contributed by atoms with Crippen LogP contribution in [0.2, 0.25) is 0 Å². The first-order valence-electron chi connectivity index (χ1n) is 3.20. The maximum Gasteiger partial charge on any atom is 0.0452 e. The summed E-state index contributed by atoms with van der Waals surface area (Å²) >= 11 is 0. The Hall–Kier alpha value is -0.0800. The highest BCUT2D eigenvalue weighted by molar-refractivity contribution is 4.34. The molecule has 0 aromatic carbocycles. The minimum Gasteiger partial charge on any atom is -0.318 e. The van der Waals surface area contributed by atoms with Crippen molar-refractivity contribution in [1.29, 1.82) is 0 Å². The minimum absolute atomic E-state index is 0.663. The highest BCUT2D eigenvalue weighted by Gasteiger charge is 1.81. The lowest BCUT2D eigenvalue weighted by Crippen LogP contribution is -2.24. The zero-order valence-electron chi connectivity index (χ0n) is 6.44. The van der Waals surface area contributed by atoms with Gasteiger partial charge in [-0.2, -0.15) is 0 Å². The zero-order chi connectivity index (χ0) is 6.99. The van der Waals surface area contributed by atoms with Gasteiger partial charge in [0, 0.05) is 6.67 Å². The number of rotatable bonds is 2. The van der Waals surface area contributed by atoms with E-state index in [0.29, 0.717) is 6.67 Å². The number of hydrogen-bond donors (Lipinski definition) is 1. The Kier molecular flexibility index (Phi) is 13.6. The molecule has 2 nitrogen and oxygen atoms in total. The van der Waals surface area contributed by atoms with Gasteiger partial charge in [-0.3, -0.25) is 4.90 Å². The van der Waals surface area contributed by atoms with E-state index in [9.17, 15) is 0 Å². The van der Waals surface area contributed by atoms with E-state index in [2.05, 4.69) is 6.92 Å². The quantitative estimate of drug-likeness (QED) is 0.545. The maximum absolute atomic E-state index is 5.21. The highest BCUT2D eigenvalue weighted by atomic mass is 15.1. The van der Waals surface area contributed by atoms with Crippen LogP contribution in [-0.2, 0) is 0 Å². The molecule has 2 N–H and O–H groups in total. The van der Waals surface area contributed by atoms with Crippen molar-refractivity contribution < 1.29 is 0 Å². The van der Waals surface area contributed by atoms with E-state index in [4.69, 9.17) is 5.73 Å². The van der Waals surface area contributed by atoms with E-state index in [1.807, 2.05) is 25.8 Å². The predicted octanol–water partition coefficient (Wildman–Crippen LogP) is 0.881. The first-order chi connectivity index (χ1) is 3.81. The molecular formula is C6H18N2. The van der Waals surface area contributed by atoms with Crippen molar-refractivity contribution in [3.8, 4) is 0 Å². The highest BCUT2D eigenvalue weighted by Crippen LogP contribution is 1.68. The molecule has 0 rings (SSSR count). The first-order valence-corrected chi connectivity index (χ1v) is 3.20. The van der Waals surface area contributed by atoms with Gasteiger partial charge in [0.2, 0.25) is 0 Å². The molecule has 0 radical (unpaired) electrons. The van der Waals surface area contributed by atoms with Gasteiger partial charge in [-0.25, -0.2) is 0 Å². The third-order valence-electron chi connectivity index (χ3n) is 0.852. The van der Waals surface area contributed by atoms with Gasteiger partial charge in [0.05, 0.1) is 0 Å². The molecule has 0 fully saturated rings. The van der Waals surface area contributed by atoms with Crippen LogP contribution < -0.4 is 5.73 Å². The first kappa shape index (κ1) is 10.8. The van der Waals surface area contributed by atoms with Gasteiger partial charge >= 0.3 is 0 Å². The van der Waals surface area contributed by atoms with Crippen molar-refractivity contribution in [2.24, 2.45) is 5.73 Å². The average molecular weight is 118 g/mol. The molecule has 0 saturated heterocycles. The van der Waals surface area contributed by atoms with E-state index in [1.165, 1.54) is 0 Å². The molecule has 0 bridgehead atoms. The van der Waals surface area contributed by atoms with Crippen molar-refractivity contribution in [2.75, 3.05) is 20.3 Å². The van der Waals surface area contributed by atoms with Gasteiger partial charge < -0.3 is 5.73 Å². The lowest BCUT2D eigenvalue weighted by molar-refractivity contribution is 0.364. The van der Waals surface area contributed by atoms with Gasteiger partial charge in [0.1, 0.15) is 0 Å². The predicted molar refractivity (Wildman–Crippen MR) is 38.7 cm³/mol.